The Hall–Kier alpha value is -1.60. The first kappa shape index (κ1) is 12.8. The molecule has 1 heterocycles. The largest absolute Gasteiger partial charge is 0.384 e. The van der Waals surface area contributed by atoms with Crippen molar-refractivity contribution in [3.8, 4) is 6.07 Å². The molecule has 0 bridgehead atoms. The molecule has 0 atom stereocenters. The van der Waals surface area contributed by atoms with Crippen molar-refractivity contribution in [3.05, 3.63) is 23.7 Å². The summed E-state index contributed by atoms with van der Waals surface area (Å²) in [6.45, 7) is 5.24. The molecule has 1 aromatic carbocycles. The van der Waals surface area contributed by atoms with E-state index in [1.54, 1.807) is 11.3 Å². The number of benzene rings is 1. The summed E-state index contributed by atoms with van der Waals surface area (Å²) in [7, 11) is 0. The molecule has 2 aromatic rings. The lowest BCUT2D eigenvalue weighted by atomic mass is 9.88. The van der Waals surface area contributed by atoms with E-state index >= 15 is 0 Å². The highest BCUT2D eigenvalue weighted by molar-refractivity contribution is 7.16. The molecule has 0 spiro atoms. The number of aromatic nitrogens is 1. The quantitative estimate of drug-likeness (QED) is 0.881. The molecule has 0 aliphatic rings. The number of hydrogen-bond acceptors (Lipinski definition) is 4. The summed E-state index contributed by atoms with van der Waals surface area (Å²) in [6.07, 6.45) is 1.53. The molecule has 4 heteroatoms. The van der Waals surface area contributed by atoms with Crippen LogP contribution in [0.15, 0.2) is 23.7 Å². The predicted octanol–water partition coefficient (Wildman–Crippen LogP) is 4.04. The summed E-state index contributed by atoms with van der Waals surface area (Å²) in [6, 6.07) is 8.44. The second kappa shape index (κ2) is 5.36. The third-order valence-corrected chi connectivity index (χ3v) is 3.81. The fraction of sp³-hybridized carbons (Fsp3) is 0.429. The van der Waals surface area contributed by atoms with Crippen molar-refractivity contribution in [1.29, 1.82) is 5.26 Å². The fourth-order valence-corrected chi connectivity index (χ4v) is 2.51. The topological polar surface area (TPSA) is 48.7 Å². The Morgan fingerprint density at radius 3 is 3.06 bits per heavy atom. The maximum atomic E-state index is 8.63. The number of nitrogens with zero attached hydrogens (tertiary/aromatic N) is 2. The van der Waals surface area contributed by atoms with E-state index in [9.17, 15) is 0 Å². The van der Waals surface area contributed by atoms with Crippen molar-refractivity contribution in [2.24, 2.45) is 5.41 Å². The molecule has 1 N–H and O–H groups in total. The Morgan fingerprint density at radius 1 is 1.44 bits per heavy atom. The van der Waals surface area contributed by atoms with Crippen LogP contribution >= 0.6 is 11.3 Å². The van der Waals surface area contributed by atoms with Crippen LogP contribution in [-0.4, -0.2) is 11.5 Å². The Bertz CT molecular complexity index is 566. The minimum atomic E-state index is 0.137. The summed E-state index contributed by atoms with van der Waals surface area (Å²) in [4.78, 5) is 4.26. The number of nitrogens with one attached hydrogen (secondary N) is 1. The van der Waals surface area contributed by atoms with Gasteiger partial charge in [-0.15, -0.1) is 11.3 Å². The molecule has 0 saturated carbocycles. The maximum Gasteiger partial charge on any atom is 0.0813 e. The molecular weight excluding hydrogens is 242 g/mol. The Labute approximate surface area is 111 Å². The van der Waals surface area contributed by atoms with Gasteiger partial charge in [-0.2, -0.15) is 5.26 Å². The molecule has 0 unspecified atom stereocenters. The first-order valence-electron chi connectivity index (χ1n) is 6.05. The zero-order valence-electron chi connectivity index (χ0n) is 10.7. The van der Waals surface area contributed by atoms with Crippen LogP contribution < -0.4 is 5.32 Å². The summed E-state index contributed by atoms with van der Waals surface area (Å²) >= 11 is 1.65. The smallest absolute Gasteiger partial charge is 0.0813 e. The minimum Gasteiger partial charge on any atom is -0.384 e. The Balaban J connectivity index is 1.99. The maximum absolute atomic E-state index is 8.63. The Morgan fingerprint density at radius 2 is 2.28 bits per heavy atom. The summed E-state index contributed by atoms with van der Waals surface area (Å²) < 4.78 is 1.20. The van der Waals surface area contributed by atoms with Gasteiger partial charge in [-0.25, -0.2) is 4.98 Å². The van der Waals surface area contributed by atoms with Gasteiger partial charge in [-0.05, 0) is 30.0 Å². The van der Waals surface area contributed by atoms with Gasteiger partial charge in [0.15, 0.2) is 0 Å². The lowest BCUT2D eigenvalue weighted by Crippen LogP contribution is -2.22. The summed E-state index contributed by atoms with van der Waals surface area (Å²) in [5.74, 6) is 0. The average molecular weight is 259 g/mol. The molecule has 2 rings (SSSR count). The lowest BCUT2D eigenvalue weighted by Gasteiger charge is -2.24. The predicted molar refractivity (Wildman–Crippen MR) is 76.7 cm³/mol. The van der Waals surface area contributed by atoms with E-state index in [1.807, 2.05) is 11.6 Å². The zero-order chi connectivity index (χ0) is 13.0. The lowest BCUT2D eigenvalue weighted by molar-refractivity contribution is 0.364. The number of rotatable bonds is 5. The third-order valence-electron chi connectivity index (χ3n) is 3.02. The molecule has 0 radical (unpaired) electrons. The second-order valence-electron chi connectivity index (χ2n) is 5.21. The third kappa shape index (κ3) is 3.21. The number of anilines is 1. The van der Waals surface area contributed by atoms with Crippen molar-refractivity contribution in [3.63, 3.8) is 0 Å². The number of nitriles is 1. The van der Waals surface area contributed by atoms with Gasteiger partial charge in [0, 0.05) is 18.7 Å². The van der Waals surface area contributed by atoms with E-state index in [2.05, 4.69) is 42.4 Å². The highest BCUT2D eigenvalue weighted by atomic mass is 32.1. The van der Waals surface area contributed by atoms with Gasteiger partial charge in [-0.1, -0.05) is 13.8 Å². The average Bonchev–Trinajstić information content (AvgIpc) is 2.81. The van der Waals surface area contributed by atoms with Gasteiger partial charge in [0.05, 0.1) is 21.8 Å². The second-order valence-corrected chi connectivity index (χ2v) is 6.10. The molecule has 18 heavy (non-hydrogen) atoms. The number of fused-ring (bicyclic) bond motifs is 1. The van der Waals surface area contributed by atoms with E-state index < -0.39 is 0 Å². The number of thiazole rings is 1. The molecular formula is C14H17N3S. The fourth-order valence-electron chi connectivity index (χ4n) is 1.79. The van der Waals surface area contributed by atoms with Gasteiger partial charge >= 0.3 is 0 Å². The highest BCUT2D eigenvalue weighted by Gasteiger charge is 2.17. The molecule has 0 fully saturated rings. The molecule has 0 aliphatic heterocycles. The van der Waals surface area contributed by atoms with Crippen LogP contribution in [0.1, 0.15) is 26.7 Å². The van der Waals surface area contributed by atoms with Crippen LogP contribution in [-0.2, 0) is 0 Å². The van der Waals surface area contributed by atoms with Gasteiger partial charge < -0.3 is 5.32 Å². The van der Waals surface area contributed by atoms with E-state index in [-0.39, 0.29) is 5.41 Å². The first-order chi connectivity index (χ1) is 8.61. The van der Waals surface area contributed by atoms with E-state index in [1.165, 1.54) is 4.70 Å². The van der Waals surface area contributed by atoms with Crippen molar-refractivity contribution in [2.45, 2.75) is 26.7 Å². The molecule has 0 aliphatic carbocycles. The van der Waals surface area contributed by atoms with Gasteiger partial charge in [0.2, 0.25) is 0 Å². The monoisotopic (exact) mass is 259 g/mol. The Kier molecular flexibility index (Phi) is 3.83. The van der Waals surface area contributed by atoms with E-state index in [4.69, 9.17) is 5.26 Å². The van der Waals surface area contributed by atoms with Crippen LogP contribution in [0.3, 0.4) is 0 Å². The summed E-state index contributed by atoms with van der Waals surface area (Å²) in [5, 5.41) is 12.1. The minimum absolute atomic E-state index is 0.137. The van der Waals surface area contributed by atoms with Crippen LogP contribution in [0.5, 0.6) is 0 Å². The van der Waals surface area contributed by atoms with Crippen LogP contribution in [0.25, 0.3) is 10.2 Å². The van der Waals surface area contributed by atoms with Crippen molar-refractivity contribution < 1.29 is 0 Å². The molecule has 0 amide bonds. The van der Waals surface area contributed by atoms with E-state index in [0.29, 0.717) is 6.42 Å². The highest BCUT2D eigenvalue weighted by Crippen LogP contribution is 2.25. The SMILES string of the molecule is CC(C)(CCC#N)CNc1ccc2ncsc2c1. The molecule has 94 valence electrons. The summed E-state index contributed by atoms with van der Waals surface area (Å²) in [5.41, 5.74) is 4.18. The van der Waals surface area contributed by atoms with Gasteiger partial charge in [0.25, 0.3) is 0 Å². The molecule has 3 nitrogen and oxygen atoms in total. The first-order valence-corrected chi connectivity index (χ1v) is 6.93. The van der Waals surface area contributed by atoms with Crippen LogP contribution in [0.4, 0.5) is 5.69 Å². The van der Waals surface area contributed by atoms with Gasteiger partial charge in [0.1, 0.15) is 0 Å². The van der Waals surface area contributed by atoms with Crippen molar-refractivity contribution >= 4 is 27.2 Å². The standard InChI is InChI=1S/C14H17N3S/c1-14(2,6-3-7-15)9-16-11-4-5-12-13(8-11)18-10-17-12/h4-5,8,10,16H,3,6,9H2,1-2H3. The van der Waals surface area contributed by atoms with Crippen molar-refractivity contribution in [2.75, 3.05) is 11.9 Å². The zero-order valence-corrected chi connectivity index (χ0v) is 11.5. The van der Waals surface area contributed by atoms with Crippen LogP contribution in [0, 0.1) is 16.7 Å². The van der Waals surface area contributed by atoms with E-state index in [0.717, 1.165) is 24.2 Å². The normalized spacial score (nSPS) is 11.4. The number of hydrogen-bond donors (Lipinski definition) is 1. The molecule has 1 aromatic heterocycles. The van der Waals surface area contributed by atoms with Crippen LogP contribution in [0.2, 0.25) is 0 Å². The van der Waals surface area contributed by atoms with Gasteiger partial charge in [-0.3, -0.25) is 0 Å². The molecule has 0 saturated heterocycles. The van der Waals surface area contributed by atoms with Crippen molar-refractivity contribution in [1.82, 2.24) is 4.98 Å².